The predicted octanol–water partition coefficient (Wildman–Crippen LogP) is 2.08. The molecule has 0 radical (unpaired) electrons. The van der Waals surface area contributed by atoms with Gasteiger partial charge in [-0.3, -0.25) is 0 Å². The van der Waals surface area contributed by atoms with Gasteiger partial charge in [-0.2, -0.15) is 0 Å². The van der Waals surface area contributed by atoms with Gasteiger partial charge in [0.25, 0.3) is 0 Å². The first-order valence-electron chi connectivity index (χ1n) is 3.35. The van der Waals surface area contributed by atoms with E-state index in [1.54, 1.807) is 18.2 Å². The molecular weight excluding hydrogens is 159 g/mol. The molecule has 1 N–H and O–H groups in total. The van der Waals surface area contributed by atoms with Gasteiger partial charge in [-0.05, 0) is 0 Å². The minimum absolute atomic E-state index is 0.278. The Morgan fingerprint density at radius 2 is 1.92 bits per heavy atom. The molecule has 2 nitrogen and oxygen atoms in total. The summed E-state index contributed by atoms with van der Waals surface area (Å²) in [6.45, 7) is 0. The van der Waals surface area contributed by atoms with Gasteiger partial charge in [0.2, 0.25) is 0 Å². The van der Waals surface area contributed by atoms with Crippen molar-refractivity contribution in [3.05, 3.63) is 42.0 Å². The number of rotatable bonds is 2. The smallest absolute Gasteiger partial charge is 0.331 e. The molecule has 0 aromatic heterocycles. The van der Waals surface area contributed by atoms with Gasteiger partial charge in [0.1, 0.15) is 5.83 Å². The molecule has 12 heavy (non-hydrogen) atoms. The van der Waals surface area contributed by atoms with Crippen molar-refractivity contribution >= 4 is 11.8 Å². The van der Waals surface area contributed by atoms with E-state index in [0.717, 1.165) is 0 Å². The highest BCUT2D eigenvalue weighted by atomic mass is 19.1. The fourth-order valence-electron chi connectivity index (χ4n) is 0.789. The van der Waals surface area contributed by atoms with Crippen LogP contribution in [0, 0.1) is 0 Å². The third-order valence-corrected chi connectivity index (χ3v) is 1.30. The van der Waals surface area contributed by atoms with Crippen molar-refractivity contribution in [2.45, 2.75) is 0 Å². The zero-order valence-electron chi connectivity index (χ0n) is 6.20. The number of hydrogen-bond donors (Lipinski definition) is 1. The molecule has 0 atom stereocenters. The van der Waals surface area contributed by atoms with Crippen LogP contribution in [0.25, 0.3) is 5.83 Å². The van der Waals surface area contributed by atoms with E-state index in [1.165, 1.54) is 12.1 Å². The van der Waals surface area contributed by atoms with Crippen molar-refractivity contribution < 1.29 is 14.3 Å². The first kappa shape index (κ1) is 8.46. The van der Waals surface area contributed by atoms with E-state index in [2.05, 4.69) is 0 Å². The number of carboxylic acid groups (broad SMARTS) is 1. The monoisotopic (exact) mass is 166 g/mol. The summed E-state index contributed by atoms with van der Waals surface area (Å²) in [5.74, 6) is -2.01. The highest BCUT2D eigenvalue weighted by Crippen LogP contribution is 2.14. The fraction of sp³-hybridized carbons (Fsp3) is 0. The maximum atomic E-state index is 12.9. The Kier molecular flexibility index (Phi) is 2.58. The molecule has 0 bridgehead atoms. The maximum Gasteiger partial charge on any atom is 0.331 e. The maximum absolute atomic E-state index is 12.9. The topological polar surface area (TPSA) is 37.3 Å². The Balaban J connectivity index is 2.93. The number of halogens is 1. The van der Waals surface area contributed by atoms with Gasteiger partial charge in [0.15, 0.2) is 0 Å². The predicted molar refractivity (Wildman–Crippen MR) is 43.2 cm³/mol. The minimum atomic E-state index is -1.28. The van der Waals surface area contributed by atoms with Gasteiger partial charge in [-0.1, -0.05) is 30.3 Å². The SMILES string of the molecule is O=C(O)/C=C(/F)c1ccccc1. The van der Waals surface area contributed by atoms with Crippen molar-refractivity contribution in [3.8, 4) is 0 Å². The standard InChI is InChI=1S/C9H7FO2/c10-8(6-9(11)12)7-4-2-1-3-5-7/h1-6H,(H,11,12)/b8-6+. The quantitative estimate of drug-likeness (QED) is 0.683. The second-order valence-electron chi connectivity index (χ2n) is 2.20. The molecule has 0 heterocycles. The highest BCUT2D eigenvalue weighted by Gasteiger charge is 2.00. The lowest BCUT2D eigenvalue weighted by Gasteiger charge is -1.93. The van der Waals surface area contributed by atoms with Crippen molar-refractivity contribution in [2.24, 2.45) is 0 Å². The van der Waals surface area contributed by atoms with E-state index < -0.39 is 11.8 Å². The van der Waals surface area contributed by atoms with Crippen LogP contribution in [0.5, 0.6) is 0 Å². The van der Waals surface area contributed by atoms with E-state index in [0.29, 0.717) is 6.08 Å². The molecule has 0 spiro atoms. The zero-order chi connectivity index (χ0) is 8.97. The van der Waals surface area contributed by atoms with Crippen LogP contribution in [0.4, 0.5) is 4.39 Å². The average Bonchev–Trinajstić information content (AvgIpc) is 2.05. The minimum Gasteiger partial charge on any atom is -0.478 e. The Morgan fingerprint density at radius 1 is 1.33 bits per heavy atom. The van der Waals surface area contributed by atoms with Crippen LogP contribution in [0.2, 0.25) is 0 Å². The van der Waals surface area contributed by atoms with E-state index in [-0.39, 0.29) is 5.56 Å². The van der Waals surface area contributed by atoms with Crippen LogP contribution in [-0.4, -0.2) is 11.1 Å². The van der Waals surface area contributed by atoms with E-state index in [4.69, 9.17) is 5.11 Å². The van der Waals surface area contributed by atoms with Crippen LogP contribution in [-0.2, 0) is 4.79 Å². The summed E-state index contributed by atoms with van der Waals surface area (Å²) in [5, 5.41) is 8.23. The van der Waals surface area contributed by atoms with Crippen LogP contribution in [0.15, 0.2) is 36.4 Å². The van der Waals surface area contributed by atoms with E-state index in [1.807, 2.05) is 0 Å². The second-order valence-corrected chi connectivity index (χ2v) is 2.20. The lowest BCUT2D eigenvalue weighted by molar-refractivity contribution is -0.131. The van der Waals surface area contributed by atoms with Crippen LogP contribution >= 0.6 is 0 Å². The molecule has 0 saturated carbocycles. The summed E-state index contributed by atoms with van der Waals surface area (Å²) in [6.07, 6.45) is 0.537. The number of carboxylic acids is 1. The largest absolute Gasteiger partial charge is 0.478 e. The Hall–Kier alpha value is -1.64. The number of hydrogen-bond acceptors (Lipinski definition) is 1. The van der Waals surface area contributed by atoms with Crippen LogP contribution < -0.4 is 0 Å². The Labute approximate surface area is 69.0 Å². The third-order valence-electron chi connectivity index (χ3n) is 1.30. The third kappa shape index (κ3) is 2.20. The molecule has 3 heteroatoms. The zero-order valence-corrected chi connectivity index (χ0v) is 6.20. The molecule has 0 saturated heterocycles. The second kappa shape index (κ2) is 3.67. The van der Waals surface area contributed by atoms with Gasteiger partial charge in [0.05, 0.1) is 6.08 Å². The van der Waals surface area contributed by atoms with Crippen LogP contribution in [0.1, 0.15) is 5.56 Å². The summed E-state index contributed by atoms with van der Waals surface area (Å²) in [4.78, 5) is 10.1. The molecule has 0 aliphatic carbocycles. The van der Waals surface area contributed by atoms with Gasteiger partial charge >= 0.3 is 5.97 Å². The Bertz CT molecular complexity index is 304. The van der Waals surface area contributed by atoms with E-state index in [9.17, 15) is 9.18 Å². The summed E-state index contributed by atoms with van der Waals surface area (Å²) < 4.78 is 12.9. The van der Waals surface area contributed by atoms with Crippen molar-refractivity contribution in [2.75, 3.05) is 0 Å². The molecule has 1 rings (SSSR count). The lowest BCUT2D eigenvalue weighted by Crippen LogP contribution is -1.88. The molecular formula is C9H7FO2. The highest BCUT2D eigenvalue weighted by molar-refractivity contribution is 5.87. The summed E-state index contributed by atoms with van der Waals surface area (Å²) in [7, 11) is 0. The molecule has 0 amide bonds. The molecule has 1 aromatic carbocycles. The first-order chi connectivity index (χ1) is 5.70. The average molecular weight is 166 g/mol. The molecule has 0 fully saturated rings. The van der Waals surface area contributed by atoms with Crippen molar-refractivity contribution in [1.82, 2.24) is 0 Å². The molecule has 1 aromatic rings. The number of aliphatic carboxylic acids is 1. The van der Waals surface area contributed by atoms with Crippen molar-refractivity contribution in [3.63, 3.8) is 0 Å². The summed E-state index contributed by atoms with van der Waals surface area (Å²) in [6, 6.07) is 8.04. The van der Waals surface area contributed by atoms with E-state index >= 15 is 0 Å². The summed E-state index contributed by atoms with van der Waals surface area (Å²) >= 11 is 0. The summed E-state index contributed by atoms with van der Waals surface area (Å²) in [5.41, 5.74) is 0.278. The van der Waals surface area contributed by atoms with Gasteiger partial charge in [-0.15, -0.1) is 0 Å². The van der Waals surface area contributed by atoms with Gasteiger partial charge < -0.3 is 5.11 Å². The van der Waals surface area contributed by atoms with Gasteiger partial charge in [-0.25, -0.2) is 9.18 Å². The lowest BCUT2D eigenvalue weighted by atomic mass is 10.2. The van der Waals surface area contributed by atoms with Gasteiger partial charge in [0, 0.05) is 5.56 Å². The first-order valence-corrected chi connectivity index (χ1v) is 3.35. The molecule has 0 aliphatic rings. The molecule has 0 unspecified atom stereocenters. The fourth-order valence-corrected chi connectivity index (χ4v) is 0.789. The normalized spacial score (nSPS) is 11.2. The van der Waals surface area contributed by atoms with Crippen molar-refractivity contribution in [1.29, 1.82) is 0 Å². The molecule has 0 aliphatic heterocycles. The van der Waals surface area contributed by atoms with Crippen LogP contribution in [0.3, 0.4) is 0 Å². The number of carbonyl (C=O) groups is 1. The number of benzene rings is 1. The molecule has 62 valence electrons. The Morgan fingerprint density at radius 3 is 2.42 bits per heavy atom.